The summed E-state index contributed by atoms with van der Waals surface area (Å²) in [6.45, 7) is 13.7. The van der Waals surface area contributed by atoms with Crippen LogP contribution in [0.2, 0.25) is 0 Å². The summed E-state index contributed by atoms with van der Waals surface area (Å²) in [6.07, 6.45) is 2.87. The number of likely N-dealkylation sites (tertiary alicyclic amines) is 1. The normalized spacial score (nSPS) is 18.5. The summed E-state index contributed by atoms with van der Waals surface area (Å²) in [4.78, 5) is 54.6. The SMILES string of the molecule is Cc1ncsc1-c1ccc([C@H](C)NC(=O)[C@@H]2CCCN2C(=O)C(NC(=O)c2ccc(N3CCNCC3)nc2)C(C)(C)C)cc1. The van der Waals surface area contributed by atoms with Crippen LogP contribution in [0, 0.1) is 12.3 Å². The van der Waals surface area contributed by atoms with Gasteiger partial charge in [-0.05, 0) is 55.4 Å². The number of aryl methyl sites for hydroxylation is 1. The molecule has 2 saturated heterocycles. The maximum absolute atomic E-state index is 14.0. The van der Waals surface area contributed by atoms with Crippen LogP contribution in [-0.4, -0.2) is 77.4 Å². The third-order valence-corrected chi connectivity index (χ3v) is 9.43. The molecular weight excluding hydrogens is 574 g/mol. The molecule has 1 unspecified atom stereocenters. The van der Waals surface area contributed by atoms with Gasteiger partial charge in [-0.25, -0.2) is 9.97 Å². The van der Waals surface area contributed by atoms with E-state index in [4.69, 9.17) is 0 Å². The first-order valence-electron chi connectivity index (χ1n) is 15.4. The second kappa shape index (κ2) is 13.4. The number of nitrogens with one attached hydrogen (secondary N) is 3. The number of carbonyl (C=O) groups excluding carboxylic acids is 3. The molecule has 0 aliphatic carbocycles. The minimum Gasteiger partial charge on any atom is -0.354 e. The highest BCUT2D eigenvalue weighted by Gasteiger charge is 2.42. The van der Waals surface area contributed by atoms with Gasteiger partial charge in [0.25, 0.3) is 5.91 Å². The molecule has 2 aromatic heterocycles. The highest BCUT2D eigenvalue weighted by atomic mass is 32.1. The summed E-state index contributed by atoms with van der Waals surface area (Å²) in [5.74, 6) is 0.0455. The van der Waals surface area contributed by atoms with Gasteiger partial charge in [0.1, 0.15) is 17.9 Å². The number of anilines is 1. The van der Waals surface area contributed by atoms with Crippen molar-refractivity contribution in [2.24, 2.45) is 5.41 Å². The van der Waals surface area contributed by atoms with Crippen LogP contribution in [0.25, 0.3) is 10.4 Å². The number of amides is 3. The first kappa shape index (κ1) is 31.6. The van der Waals surface area contributed by atoms with E-state index in [2.05, 4.69) is 43.0 Å². The second-order valence-corrected chi connectivity index (χ2v) is 13.6. The molecule has 234 valence electrons. The minimum atomic E-state index is -0.809. The van der Waals surface area contributed by atoms with Crippen molar-refractivity contribution in [1.29, 1.82) is 0 Å². The van der Waals surface area contributed by atoms with Gasteiger partial charge in [-0.2, -0.15) is 0 Å². The number of thiazole rings is 1. The first-order valence-corrected chi connectivity index (χ1v) is 16.2. The number of nitrogens with zero attached hydrogens (tertiary/aromatic N) is 4. The molecule has 2 fully saturated rings. The fourth-order valence-corrected chi connectivity index (χ4v) is 6.64. The summed E-state index contributed by atoms with van der Waals surface area (Å²) in [6, 6.07) is 10.1. The van der Waals surface area contributed by atoms with Crippen molar-refractivity contribution in [3.8, 4) is 10.4 Å². The Kier molecular flexibility index (Phi) is 9.65. The number of hydrogen-bond acceptors (Lipinski definition) is 8. The van der Waals surface area contributed by atoms with Gasteiger partial charge in [-0.3, -0.25) is 14.4 Å². The highest BCUT2D eigenvalue weighted by Crippen LogP contribution is 2.29. The standard InChI is InChI=1S/C33H43N7O3S/c1-21(23-8-10-24(11-9-23)28-22(2)36-20-44-28)37-31(42)26-7-6-16-40(26)32(43)29(33(3,4)5)38-30(41)25-12-13-27(35-19-25)39-17-14-34-15-18-39/h8-13,19-21,26,29,34H,6-7,14-18H2,1-5H3,(H,37,42)(H,38,41)/t21-,26-,29?/m0/s1. The van der Waals surface area contributed by atoms with Crippen molar-refractivity contribution in [3.05, 3.63) is 64.9 Å². The molecule has 2 aliphatic heterocycles. The zero-order valence-corrected chi connectivity index (χ0v) is 27.0. The number of piperazine rings is 1. The molecule has 11 heteroatoms. The van der Waals surface area contributed by atoms with Gasteiger partial charge in [-0.15, -0.1) is 11.3 Å². The Morgan fingerprint density at radius 1 is 1.00 bits per heavy atom. The van der Waals surface area contributed by atoms with Crippen molar-refractivity contribution in [2.75, 3.05) is 37.6 Å². The van der Waals surface area contributed by atoms with E-state index in [1.54, 1.807) is 28.5 Å². The van der Waals surface area contributed by atoms with Gasteiger partial charge in [0, 0.05) is 38.9 Å². The minimum absolute atomic E-state index is 0.183. The van der Waals surface area contributed by atoms with Crippen LogP contribution in [-0.2, 0) is 9.59 Å². The Hall–Kier alpha value is -3.83. The third kappa shape index (κ3) is 7.10. The number of rotatable bonds is 8. The van der Waals surface area contributed by atoms with Crippen LogP contribution in [0.4, 0.5) is 5.82 Å². The van der Waals surface area contributed by atoms with E-state index < -0.39 is 17.5 Å². The number of hydrogen-bond donors (Lipinski definition) is 3. The summed E-state index contributed by atoms with van der Waals surface area (Å²) < 4.78 is 0. The Morgan fingerprint density at radius 2 is 1.73 bits per heavy atom. The molecule has 10 nitrogen and oxygen atoms in total. The molecule has 1 aromatic carbocycles. The lowest BCUT2D eigenvalue weighted by molar-refractivity contribution is -0.142. The first-order chi connectivity index (χ1) is 21.0. The highest BCUT2D eigenvalue weighted by molar-refractivity contribution is 7.13. The molecule has 0 spiro atoms. The smallest absolute Gasteiger partial charge is 0.253 e. The van der Waals surface area contributed by atoms with E-state index >= 15 is 0 Å². The maximum Gasteiger partial charge on any atom is 0.253 e. The van der Waals surface area contributed by atoms with E-state index in [1.807, 2.05) is 58.3 Å². The largest absolute Gasteiger partial charge is 0.354 e. The Balaban J connectivity index is 1.23. The fourth-order valence-electron chi connectivity index (χ4n) is 5.83. The zero-order valence-electron chi connectivity index (χ0n) is 26.2. The van der Waals surface area contributed by atoms with E-state index in [0.717, 1.165) is 60.1 Å². The molecule has 5 rings (SSSR count). The molecule has 44 heavy (non-hydrogen) atoms. The average Bonchev–Trinajstić information content (AvgIpc) is 3.69. The molecule has 3 N–H and O–H groups in total. The molecule has 0 bridgehead atoms. The van der Waals surface area contributed by atoms with Crippen LogP contribution < -0.4 is 20.9 Å². The van der Waals surface area contributed by atoms with E-state index in [9.17, 15) is 14.4 Å². The Bertz CT molecular complexity index is 1460. The number of aromatic nitrogens is 2. The van der Waals surface area contributed by atoms with Crippen LogP contribution in [0.5, 0.6) is 0 Å². The number of pyridine rings is 1. The third-order valence-electron chi connectivity index (χ3n) is 8.46. The predicted molar refractivity (Wildman–Crippen MR) is 174 cm³/mol. The second-order valence-electron chi connectivity index (χ2n) is 12.7. The van der Waals surface area contributed by atoms with Crippen LogP contribution >= 0.6 is 11.3 Å². The predicted octanol–water partition coefficient (Wildman–Crippen LogP) is 3.94. The molecule has 2 aliphatic rings. The fraction of sp³-hybridized carbons (Fsp3) is 0.485. The van der Waals surface area contributed by atoms with Crippen LogP contribution in [0.3, 0.4) is 0 Å². The number of carbonyl (C=O) groups is 3. The van der Waals surface area contributed by atoms with Gasteiger partial charge in [0.05, 0.1) is 27.7 Å². The van der Waals surface area contributed by atoms with Gasteiger partial charge < -0.3 is 25.8 Å². The van der Waals surface area contributed by atoms with Crippen molar-refractivity contribution in [1.82, 2.24) is 30.8 Å². The van der Waals surface area contributed by atoms with Gasteiger partial charge >= 0.3 is 0 Å². The monoisotopic (exact) mass is 617 g/mol. The molecule has 0 saturated carbocycles. The molecule has 4 heterocycles. The van der Waals surface area contributed by atoms with Crippen LogP contribution in [0.15, 0.2) is 48.1 Å². The number of benzene rings is 1. The molecular formula is C33H43N7O3S. The van der Waals surface area contributed by atoms with Gasteiger partial charge in [0.15, 0.2) is 0 Å². The molecule has 3 atom stereocenters. The molecule has 3 aromatic rings. The van der Waals surface area contributed by atoms with Gasteiger partial charge in [-0.1, -0.05) is 45.0 Å². The van der Waals surface area contributed by atoms with Crippen molar-refractivity contribution in [3.63, 3.8) is 0 Å². The van der Waals surface area contributed by atoms with Crippen molar-refractivity contribution < 1.29 is 14.4 Å². The van der Waals surface area contributed by atoms with Crippen molar-refractivity contribution >= 4 is 34.9 Å². The summed E-state index contributed by atoms with van der Waals surface area (Å²) in [5.41, 5.74) is 4.75. The Morgan fingerprint density at radius 3 is 2.34 bits per heavy atom. The topological polar surface area (TPSA) is 120 Å². The lowest BCUT2D eigenvalue weighted by Crippen LogP contribution is -2.57. The van der Waals surface area contributed by atoms with E-state index in [0.29, 0.717) is 18.5 Å². The molecule has 3 amide bonds. The van der Waals surface area contributed by atoms with E-state index in [-0.39, 0.29) is 23.8 Å². The van der Waals surface area contributed by atoms with Gasteiger partial charge in [0.2, 0.25) is 11.8 Å². The lowest BCUT2D eigenvalue weighted by atomic mass is 9.85. The average molecular weight is 618 g/mol. The maximum atomic E-state index is 14.0. The van der Waals surface area contributed by atoms with Crippen LogP contribution in [0.1, 0.15) is 68.2 Å². The lowest BCUT2D eigenvalue weighted by Gasteiger charge is -2.35. The zero-order chi connectivity index (χ0) is 31.4. The molecule has 0 radical (unpaired) electrons. The summed E-state index contributed by atoms with van der Waals surface area (Å²) in [7, 11) is 0. The van der Waals surface area contributed by atoms with Crippen molar-refractivity contribution in [2.45, 2.75) is 65.6 Å². The Labute approximate surface area is 263 Å². The summed E-state index contributed by atoms with van der Waals surface area (Å²) >= 11 is 1.61. The quantitative estimate of drug-likeness (QED) is 0.350. The summed E-state index contributed by atoms with van der Waals surface area (Å²) in [5, 5.41) is 9.41. The van der Waals surface area contributed by atoms with E-state index in [1.165, 1.54) is 0 Å².